The standard InChI is InChI=1S/C8H16NO2.HI/c1-9(2,3)5-4-8-6-10-7-11-8;/h4H,5-7H2,1-3H3;1H/q+1;/p-1. The molecular weight excluding hydrogens is 269 g/mol. The van der Waals surface area contributed by atoms with E-state index in [9.17, 15) is 0 Å². The van der Waals surface area contributed by atoms with Crippen LogP contribution in [-0.2, 0) is 9.47 Å². The highest BCUT2D eigenvalue weighted by Gasteiger charge is 2.10. The zero-order chi connectivity index (χ0) is 8.32. The van der Waals surface area contributed by atoms with Gasteiger partial charge in [-0.25, -0.2) is 0 Å². The smallest absolute Gasteiger partial charge is 0.189 e. The minimum Gasteiger partial charge on any atom is -1.00 e. The number of quaternary nitrogens is 1. The fourth-order valence-corrected chi connectivity index (χ4v) is 0.795. The number of halogens is 1. The van der Waals surface area contributed by atoms with Crippen LogP contribution in [0.15, 0.2) is 11.8 Å². The number of ether oxygens (including phenoxy) is 2. The van der Waals surface area contributed by atoms with Crippen molar-refractivity contribution in [2.75, 3.05) is 41.1 Å². The molecule has 12 heavy (non-hydrogen) atoms. The minimum atomic E-state index is 0. The van der Waals surface area contributed by atoms with Crippen LogP contribution < -0.4 is 24.0 Å². The van der Waals surface area contributed by atoms with Crippen molar-refractivity contribution in [2.45, 2.75) is 0 Å². The summed E-state index contributed by atoms with van der Waals surface area (Å²) in [5, 5.41) is 0. The van der Waals surface area contributed by atoms with E-state index in [1.807, 2.05) is 0 Å². The molecule has 1 aliphatic heterocycles. The summed E-state index contributed by atoms with van der Waals surface area (Å²) in [6.07, 6.45) is 2.09. The molecule has 0 aromatic carbocycles. The number of likely N-dealkylation sites (N-methyl/N-ethyl adjacent to an activating group) is 1. The fraction of sp³-hybridized carbons (Fsp3) is 0.750. The molecule has 0 amide bonds. The molecule has 1 heterocycles. The maximum Gasteiger partial charge on any atom is 0.189 e. The maximum absolute atomic E-state index is 5.18. The van der Waals surface area contributed by atoms with Crippen LogP contribution in [0.25, 0.3) is 0 Å². The SMILES string of the molecule is C[N+](C)(C)CC=C1COCO1.[I-]. The van der Waals surface area contributed by atoms with Gasteiger partial charge in [0.25, 0.3) is 0 Å². The molecular formula is C8H16INO2. The molecule has 0 unspecified atom stereocenters. The Morgan fingerprint density at radius 1 is 1.42 bits per heavy atom. The molecule has 72 valence electrons. The zero-order valence-corrected chi connectivity index (χ0v) is 10.00. The summed E-state index contributed by atoms with van der Waals surface area (Å²) < 4.78 is 11.1. The summed E-state index contributed by atoms with van der Waals surface area (Å²) in [4.78, 5) is 0. The van der Waals surface area contributed by atoms with E-state index in [1.54, 1.807) is 0 Å². The number of hydrogen-bond donors (Lipinski definition) is 0. The van der Waals surface area contributed by atoms with E-state index in [1.165, 1.54) is 0 Å². The van der Waals surface area contributed by atoms with E-state index in [2.05, 4.69) is 27.2 Å². The van der Waals surface area contributed by atoms with Crippen molar-refractivity contribution in [3.05, 3.63) is 11.8 Å². The largest absolute Gasteiger partial charge is 1.00 e. The number of hydrogen-bond acceptors (Lipinski definition) is 2. The molecule has 1 fully saturated rings. The van der Waals surface area contributed by atoms with E-state index in [-0.39, 0.29) is 24.0 Å². The van der Waals surface area contributed by atoms with E-state index in [0.29, 0.717) is 13.4 Å². The molecule has 0 aromatic heterocycles. The highest BCUT2D eigenvalue weighted by Crippen LogP contribution is 2.07. The summed E-state index contributed by atoms with van der Waals surface area (Å²) in [7, 11) is 6.44. The van der Waals surface area contributed by atoms with Crippen LogP contribution in [0.1, 0.15) is 0 Å². The number of nitrogens with zero attached hydrogens (tertiary/aromatic N) is 1. The van der Waals surface area contributed by atoms with Crippen molar-refractivity contribution in [3.63, 3.8) is 0 Å². The molecule has 4 heteroatoms. The third kappa shape index (κ3) is 4.95. The predicted octanol–water partition coefficient (Wildman–Crippen LogP) is -2.42. The second-order valence-corrected chi connectivity index (χ2v) is 3.75. The van der Waals surface area contributed by atoms with Crippen LogP contribution >= 0.6 is 0 Å². The Balaban J connectivity index is 0.00000121. The minimum absolute atomic E-state index is 0. The molecule has 0 spiro atoms. The van der Waals surface area contributed by atoms with Gasteiger partial charge in [-0.1, -0.05) is 0 Å². The maximum atomic E-state index is 5.18. The van der Waals surface area contributed by atoms with E-state index in [0.717, 1.165) is 16.8 Å². The lowest BCUT2D eigenvalue weighted by Crippen LogP contribution is -3.00. The summed E-state index contributed by atoms with van der Waals surface area (Å²) >= 11 is 0. The summed E-state index contributed by atoms with van der Waals surface area (Å²) in [6.45, 7) is 2.04. The van der Waals surface area contributed by atoms with Crippen LogP contribution in [0.5, 0.6) is 0 Å². The molecule has 1 aliphatic rings. The highest BCUT2D eigenvalue weighted by atomic mass is 127. The van der Waals surface area contributed by atoms with E-state index >= 15 is 0 Å². The van der Waals surface area contributed by atoms with Crippen molar-refractivity contribution >= 4 is 0 Å². The van der Waals surface area contributed by atoms with E-state index < -0.39 is 0 Å². The quantitative estimate of drug-likeness (QED) is 0.415. The lowest BCUT2D eigenvalue weighted by molar-refractivity contribution is -0.864. The first-order valence-electron chi connectivity index (χ1n) is 3.78. The zero-order valence-electron chi connectivity index (χ0n) is 7.84. The topological polar surface area (TPSA) is 18.5 Å². The summed E-state index contributed by atoms with van der Waals surface area (Å²) in [5.74, 6) is 0.970. The fourth-order valence-electron chi connectivity index (χ4n) is 0.795. The van der Waals surface area contributed by atoms with Crippen LogP contribution in [0, 0.1) is 0 Å². The number of rotatable bonds is 2. The second-order valence-electron chi connectivity index (χ2n) is 3.75. The summed E-state index contributed by atoms with van der Waals surface area (Å²) in [6, 6.07) is 0. The van der Waals surface area contributed by atoms with Gasteiger partial charge in [0, 0.05) is 6.08 Å². The molecule has 0 N–H and O–H groups in total. The van der Waals surface area contributed by atoms with Gasteiger partial charge in [0.15, 0.2) is 6.79 Å². The van der Waals surface area contributed by atoms with Crippen molar-refractivity contribution in [2.24, 2.45) is 0 Å². The first-order chi connectivity index (χ1) is 5.08. The van der Waals surface area contributed by atoms with Gasteiger partial charge in [0.05, 0.1) is 21.1 Å². The van der Waals surface area contributed by atoms with Gasteiger partial charge in [-0.3, -0.25) is 0 Å². The molecule has 0 bridgehead atoms. The normalized spacial score (nSPS) is 20.4. The molecule has 0 aromatic rings. The van der Waals surface area contributed by atoms with Gasteiger partial charge in [-0.05, 0) is 0 Å². The first kappa shape index (κ1) is 12.2. The Bertz CT molecular complexity index is 155. The van der Waals surface area contributed by atoms with E-state index in [4.69, 9.17) is 9.47 Å². The van der Waals surface area contributed by atoms with Crippen molar-refractivity contribution in [1.29, 1.82) is 0 Å². The monoisotopic (exact) mass is 285 g/mol. The lowest BCUT2D eigenvalue weighted by atomic mass is 10.4. The Hall–Kier alpha value is 0.190. The second kappa shape index (κ2) is 5.04. The van der Waals surface area contributed by atoms with Crippen LogP contribution in [0.2, 0.25) is 0 Å². The van der Waals surface area contributed by atoms with Gasteiger partial charge in [0.2, 0.25) is 0 Å². The Kier molecular flexibility index (Phi) is 5.12. The third-order valence-corrected chi connectivity index (χ3v) is 1.44. The van der Waals surface area contributed by atoms with Gasteiger partial charge < -0.3 is 37.9 Å². The summed E-state index contributed by atoms with van der Waals surface area (Å²) in [5.41, 5.74) is 0. The third-order valence-electron chi connectivity index (χ3n) is 1.44. The molecule has 0 saturated carbocycles. The first-order valence-corrected chi connectivity index (χ1v) is 3.78. The van der Waals surface area contributed by atoms with Crippen LogP contribution in [0.4, 0.5) is 0 Å². The molecule has 1 rings (SSSR count). The average molecular weight is 285 g/mol. The van der Waals surface area contributed by atoms with Crippen molar-refractivity contribution in [3.8, 4) is 0 Å². The van der Waals surface area contributed by atoms with Gasteiger partial charge in [0.1, 0.15) is 18.9 Å². The molecule has 3 nitrogen and oxygen atoms in total. The van der Waals surface area contributed by atoms with Crippen LogP contribution in [-0.4, -0.2) is 45.6 Å². The average Bonchev–Trinajstić information content (AvgIpc) is 2.32. The van der Waals surface area contributed by atoms with Crippen molar-refractivity contribution in [1.82, 2.24) is 0 Å². The lowest BCUT2D eigenvalue weighted by Gasteiger charge is -2.21. The Morgan fingerprint density at radius 3 is 2.50 bits per heavy atom. The van der Waals surface area contributed by atoms with Crippen LogP contribution in [0.3, 0.4) is 0 Å². The molecule has 0 radical (unpaired) electrons. The highest BCUT2D eigenvalue weighted by molar-refractivity contribution is 4.95. The van der Waals surface area contributed by atoms with Gasteiger partial charge in [-0.2, -0.15) is 0 Å². The molecule has 0 atom stereocenters. The van der Waals surface area contributed by atoms with Gasteiger partial charge in [-0.15, -0.1) is 0 Å². The van der Waals surface area contributed by atoms with Crippen molar-refractivity contribution < 1.29 is 37.9 Å². The predicted molar refractivity (Wildman–Crippen MR) is 42.9 cm³/mol. The molecule has 0 aliphatic carbocycles. The Labute approximate surface area is 90.9 Å². The molecule has 1 saturated heterocycles. The Morgan fingerprint density at radius 2 is 2.08 bits per heavy atom. The van der Waals surface area contributed by atoms with Gasteiger partial charge >= 0.3 is 0 Å².